The van der Waals surface area contributed by atoms with Crippen molar-refractivity contribution in [1.82, 2.24) is 0 Å². The first-order valence-corrected chi connectivity index (χ1v) is 2.24. The molecule has 1 heteroatoms. The van der Waals surface area contributed by atoms with Crippen LogP contribution in [0.1, 0.15) is 0 Å². The van der Waals surface area contributed by atoms with Gasteiger partial charge in [0.05, 0.1) is 5.92 Å². The Hall–Kier alpha value is -0.441. The van der Waals surface area contributed by atoms with Crippen molar-refractivity contribution < 1.29 is 17.1 Å². The smallest absolute Gasteiger partial charge is 0.0566 e. The number of allylic oxidation sites excluding steroid dienone is 4. The summed E-state index contributed by atoms with van der Waals surface area (Å²) in [6.07, 6.45) is 13.0. The van der Waals surface area contributed by atoms with E-state index in [0.717, 1.165) is 0 Å². The molecular formula is C7H6Fe. The van der Waals surface area contributed by atoms with Crippen LogP contribution >= 0.6 is 0 Å². The van der Waals surface area contributed by atoms with Gasteiger partial charge in [0, 0.05) is 17.1 Å². The van der Waals surface area contributed by atoms with Gasteiger partial charge in [0.2, 0.25) is 0 Å². The van der Waals surface area contributed by atoms with Crippen LogP contribution in [0.4, 0.5) is 0 Å². The average molecular weight is 146 g/mol. The quantitative estimate of drug-likeness (QED) is 0.357. The minimum atomic E-state index is 0. The van der Waals surface area contributed by atoms with Crippen molar-refractivity contribution in [3.05, 3.63) is 24.3 Å². The topological polar surface area (TPSA) is 0 Å². The van der Waals surface area contributed by atoms with Crippen LogP contribution in [0.2, 0.25) is 0 Å². The second-order valence-electron chi connectivity index (χ2n) is 1.46. The van der Waals surface area contributed by atoms with E-state index < -0.39 is 0 Å². The summed E-state index contributed by atoms with van der Waals surface area (Å²) in [5.41, 5.74) is 0. The van der Waals surface area contributed by atoms with Gasteiger partial charge in [-0.1, -0.05) is 30.2 Å². The predicted molar refractivity (Wildman–Crippen MR) is 30.6 cm³/mol. The molecule has 0 aromatic heterocycles. The summed E-state index contributed by atoms with van der Waals surface area (Å²) in [4.78, 5) is 0. The Morgan fingerprint density at radius 3 is 2.00 bits per heavy atom. The minimum Gasteiger partial charge on any atom is -0.119 e. The maximum atomic E-state index is 5.08. The average Bonchev–Trinajstić information content (AvgIpc) is 2.14. The van der Waals surface area contributed by atoms with Crippen molar-refractivity contribution in [2.75, 3.05) is 0 Å². The monoisotopic (exact) mass is 146 g/mol. The molecule has 0 radical (unpaired) electrons. The molecule has 0 spiro atoms. The Bertz CT molecular complexity index is 136. The van der Waals surface area contributed by atoms with Gasteiger partial charge in [-0.15, -0.1) is 6.42 Å². The Morgan fingerprint density at radius 2 is 1.75 bits per heavy atom. The molecule has 0 aromatic carbocycles. The third kappa shape index (κ3) is 1.58. The first-order chi connectivity index (χ1) is 3.43. The second kappa shape index (κ2) is 3.55. The first-order valence-electron chi connectivity index (χ1n) is 2.24. The van der Waals surface area contributed by atoms with Crippen LogP contribution in [-0.2, 0) is 17.1 Å². The van der Waals surface area contributed by atoms with E-state index in [2.05, 4.69) is 5.92 Å². The zero-order valence-corrected chi connectivity index (χ0v) is 5.42. The molecule has 0 unspecified atom stereocenters. The van der Waals surface area contributed by atoms with Gasteiger partial charge in [0.1, 0.15) is 0 Å². The fourth-order valence-electron chi connectivity index (χ4n) is 0.543. The van der Waals surface area contributed by atoms with E-state index in [4.69, 9.17) is 6.42 Å². The summed E-state index contributed by atoms with van der Waals surface area (Å²) in [7, 11) is 0. The third-order valence-electron chi connectivity index (χ3n) is 0.940. The molecule has 0 bridgehead atoms. The van der Waals surface area contributed by atoms with Gasteiger partial charge in [0.25, 0.3) is 0 Å². The molecule has 0 atom stereocenters. The van der Waals surface area contributed by atoms with Gasteiger partial charge >= 0.3 is 0 Å². The van der Waals surface area contributed by atoms with Crippen LogP contribution < -0.4 is 0 Å². The van der Waals surface area contributed by atoms with Crippen molar-refractivity contribution in [3.63, 3.8) is 0 Å². The molecule has 1 aliphatic carbocycles. The Labute approximate surface area is 60.1 Å². The SMILES string of the molecule is C#CC1C=CC=C1.[Fe]. The number of hydrogen-bond acceptors (Lipinski definition) is 0. The molecular weight excluding hydrogens is 140 g/mol. The Morgan fingerprint density at radius 1 is 1.25 bits per heavy atom. The van der Waals surface area contributed by atoms with Gasteiger partial charge < -0.3 is 0 Å². The summed E-state index contributed by atoms with van der Waals surface area (Å²) >= 11 is 0. The van der Waals surface area contributed by atoms with Crippen LogP contribution in [0.5, 0.6) is 0 Å². The van der Waals surface area contributed by atoms with E-state index in [1.165, 1.54) is 0 Å². The largest absolute Gasteiger partial charge is 0.119 e. The van der Waals surface area contributed by atoms with Crippen molar-refractivity contribution in [2.24, 2.45) is 5.92 Å². The van der Waals surface area contributed by atoms with Crippen molar-refractivity contribution in [3.8, 4) is 12.3 Å². The van der Waals surface area contributed by atoms with Crippen LogP contribution in [0.25, 0.3) is 0 Å². The first kappa shape index (κ1) is 7.56. The molecule has 0 nitrogen and oxygen atoms in total. The third-order valence-corrected chi connectivity index (χ3v) is 0.940. The molecule has 0 heterocycles. The summed E-state index contributed by atoms with van der Waals surface area (Å²) in [5.74, 6) is 2.85. The van der Waals surface area contributed by atoms with E-state index in [0.29, 0.717) is 0 Å². The van der Waals surface area contributed by atoms with Crippen LogP contribution in [0.15, 0.2) is 24.3 Å². The van der Waals surface area contributed by atoms with Gasteiger partial charge in [-0.3, -0.25) is 0 Å². The molecule has 1 aliphatic rings. The molecule has 8 heavy (non-hydrogen) atoms. The van der Waals surface area contributed by atoms with Crippen LogP contribution in [-0.4, -0.2) is 0 Å². The Kier molecular flexibility index (Phi) is 3.35. The molecule has 0 amide bonds. The summed E-state index contributed by atoms with van der Waals surface area (Å²) in [5, 5.41) is 0. The maximum Gasteiger partial charge on any atom is 0.0566 e. The van der Waals surface area contributed by atoms with Crippen LogP contribution in [0.3, 0.4) is 0 Å². The van der Waals surface area contributed by atoms with E-state index in [-0.39, 0.29) is 23.0 Å². The normalized spacial score (nSPS) is 15.4. The fraction of sp³-hybridized carbons (Fsp3) is 0.143. The van der Waals surface area contributed by atoms with Crippen molar-refractivity contribution in [1.29, 1.82) is 0 Å². The molecule has 0 saturated carbocycles. The molecule has 0 saturated heterocycles. The molecule has 42 valence electrons. The number of hydrogen-bond donors (Lipinski definition) is 0. The summed E-state index contributed by atoms with van der Waals surface area (Å²) < 4.78 is 0. The molecule has 1 rings (SSSR count). The standard InChI is InChI=1S/C7H6.Fe/c1-2-7-5-3-4-6-7;/h1,3-7H;. The predicted octanol–water partition coefficient (Wildman–Crippen LogP) is 1.36. The van der Waals surface area contributed by atoms with E-state index in [9.17, 15) is 0 Å². The van der Waals surface area contributed by atoms with Crippen LogP contribution in [0, 0.1) is 18.3 Å². The zero-order chi connectivity index (χ0) is 5.11. The van der Waals surface area contributed by atoms with Gasteiger partial charge in [-0.2, -0.15) is 0 Å². The summed E-state index contributed by atoms with van der Waals surface area (Å²) in [6.45, 7) is 0. The maximum absolute atomic E-state index is 5.08. The van der Waals surface area contributed by atoms with E-state index in [1.807, 2.05) is 24.3 Å². The van der Waals surface area contributed by atoms with E-state index in [1.54, 1.807) is 0 Å². The molecule has 0 aliphatic heterocycles. The molecule has 0 fully saturated rings. The molecule has 0 N–H and O–H groups in total. The fourth-order valence-corrected chi connectivity index (χ4v) is 0.543. The van der Waals surface area contributed by atoms with Gasteiger partial charge in [-0.05, 0) is 0 Å². The molecule has 0 aromatic rings. The number of rotatable bonds is 0. The minimum absolute atomic E-state index is 0. The van der Waals surface area contributed by atoms with Gasteiger partial charge in [-0.25, -0.2) is 0 Å². The van der Waals surface area contributed by atoms with Crippen molar-refractivity contribution >= 4 is 0 Å². The Balaban J connectivity index is 0.000000490. The number of terminal acetylenes is 1. The van der Waals surface area contributed by atoms with Gasteiger partial charge in [0.15, 0.2) is 0 Å². The van der Waals surface area contributed by atoms with Crippen molar-refractivity contribution in [2.45, 2.75) is 0 Å². The summed E-state index contributed by atoms with van der Waals surface area (Å²) in [6, 6.07) is 0. The van der Waals surface area contributed by atoms with E-state index >= 15 is 0 Å². The second-order valence-corrected chi connectivity index (χ2v) is 1.46. The zero-order valence-electron chi connectivity index (χ0n) is 4.32.